The lowest BCUT2D eigenvalue weighted by Crippen LogP contribution is -2.67. The van der Waals surface area contributed by atoms with Gasteiger partial charge in [-0.25, -0.2) is 0 Å². The minimum absolute atomic E-state index is 0.153. The van der Waals surface area contributed by atoms with Crippen LogP contribution in [-0.2, 0) is 18.4 Å². The Morgan fingerprint density at radius 2 is 2.06 bits per heavy atom. The summed E-state index contributed by atoms with van der Waals surface area (Å²) in [5.41, 5.74) is 6.90. The Balaban J connectivity index is 2.43. The van der Waals surface area contributed by atoms with Gasteiger partial charge >= 0.3 is 7.60 Å². The molecule has 2 aliphatic rings. The van der Waals surface area contributed by atoms with E-state index < -0.39 is 13.6 Å². The Kier molecular flexibility index (Phi) is 3.40. The second-order valence-electron chi connectivity index (χ2n) is 3.90. The average Bonchev–Trinajstić information content (AvgIpc) is 2.36. The van der Waals surface area contributed by atoms with Crippen molar-refractivity contribution in [2.24, 2.45) is 5.73 Å². The molecule has 0 unspecified atom stereocenters. The summed E-state index contributed by atoms with van der Waals surface area (Å²) >= 11 is 1.56. The number of carbonyl (C=O) groups excluding carboxylic acids is 1. The van der Waals surface area contributed by atoms with Gasteiger partial charge in [-0.15, -0.1) is 11.8 Å². The van der Waals surface area contributed by atoms with Crippen LogP contribution in [0.5, 0.6) is 0 Å². The van der Waals surface area contributed by atoms with E-state index >= 15 is 0 Å². The second kappa shape index (κ2) is 4.40. The van der Waals surface area contributed by atoms with Crippen LogP contribution < -0.4 is 5.73 Å². The molecule has 2 atom stereocenters. The van der Waals surface area contributed by atoms with Gasteiger partial charge in [0.15, 0.2) is 0 Å². The predicted octanol–water partition coefficient (Wildman–Crippen LogP) is 0.946. The van der Waals surface area contributed by atoms with Gasteiger partial charge in [0.25, 0.3) is 0 Å². The molecule has 8 heteroatoms. The molecule has 6 nitrogen and oxygen atoms in total. The van der Waals surface area contributed by atoms with Crippen molar-refractivity contribution in [3.8, 4) is 0 Å². The summed E-state index contributed by atoms with van der Waals surface area (Å²) in [4.78, 5) is 13.2. The summed E-state index contributed by atoms with van der Waals surface area (Å²) in [5, 5.41) is -0.153. The summed E-state index contributed by atoms with van der Waals surface area (Å²) in [7, 11) is -0.781. The van der Waals surface area contributed by atoms with E-state index in [0.29, 0.717) is 11.2 Å². The van der Waals surface area contributed by atoms with E-state index in [-0.39, 0.29) is 11.3 Å². The first-order valence-electron chi connectivity index (χ1n) is 5.08. The first kappa shape index (κ1) is 13.1. The molecule has 2 N–H and O–H groups in total. The number of β-lactam (4-membered cyclic amide) rings is 1. The van der Waals surface area contributed by atoms with Gasteiger partial charge in [-0.1, -0.05) is 0 Å². The first-order chi connectivity index (χ1) is 7.96. The van der Waals surface area contributed by atoms with Gasteiger partial charge < -0.3 is 14.8 Å². The summed E-state index contributed by atoms with van der Waals surface area (Å²) < 4.78 is 22.3. The molecule has 1 amide bonds. The molecule has 17 heavy (non-hydrogen) atoms. The van der Waals surface area contributed by atoms with E-state index in [4.69, 9.17) is 14.8 Å². The zero-order valence-corrected chi connectivity index (χ0v) is 11.6. The van der Waals surface area contributed by atoms with Crippen molar-refractivity contribution in [2.45, 2.75) is 18.3 Å². The second-order valence-corrected chi connectivity index (χ2v) is 7.16. The molecule has 0 aromatic rings. The lowest BCUT2D eigenvalue weighted by molar-refractivity contribution is -0.140. The highest BCUT2D eigenvalue weighted by Gasteiger charge is 2.54. The van der Waals surface area contributed by atoms with E-state index in [0.717, 1.165) is 5.57 Å². The number of hydrogen-bond acceptors (Lipinski definition) is 6. The maximum Gasteiger partial charge on any atom is 0.377 e. The van der Waals surface area contributed by atoms with Gasteiger partial charge in [0, 0.05) is 20.0 Å². The van der Waals surface area contributed by atoms with Gasteiger partial charge in [0.05, 0.1) is 0 Å². The molecule has 96 valence electrons. The Morgan fingerprint density at radius 1 is 1.47 bits per heavy atom. The van der Waals surface area contributed by atoms with Gasteiger partial charge in [0.1, 0.15) is 16.9 Å². The Labute approximate surface area is 104 Å². The molecule has 0 saturated carbocycles. The largest absolute Gasteiger partial charge is 0.377 e. The molecule has 0 spiro atoms. The Morgan fingerprint density at radius 3 is 2.59 bits per heavy atom. The highest BCUT2D eigenvalue weighted by atomic mass is 32.2. The van der Waals surface area contributed by atoms with Gasteiger partial charge in [0.2, 0.25) is 5.91 Å². The molecule has 2 aliphatic heterocycles. The van der Waals surface area contributed by atoms with E-state index in [9.17, 15) is 9.36 Å². The molecule has 0 radical (unpaired) electrons. The van der Waals surface area contributed by atoms with Crippen LogP contribution in [0.3, 0.4) is 0 Å². The number of nitrogens with two attached hydrogens (primary N) is 1. The van der Waals surface area contributed by atoms with Crippen LogP contribution in [0.25, 0.3) is 0 Å². The zero-order valence-electron chi connectivity index (χ0n) is 9.87. The summed E-state index contributed by atoms with van der Waals surface area (Å²) in [6, 6.07) is -0.523. The van der Waals surface area contributed by atoms with E-state index in [1.807, 2.05) is 6.92 Å². The molecule has 0 bridgehead atoms. The molecule has 0 aromatic heterocycles. The van der Waals surface area contributed by atoms with Crippen LogP contribution >= 0.6 is 19.4 Å². The van der Waals surface area contributed by atoms with Crippen molar-refractivity contribution in [3.63, 3.8) is 0 Å². The summed E-state index contributed by atoms with van der Waals surface area (Å²) in [5.74, 6) is 0.444. The van der Waals surface area contributed by atoms with E-state index in [1.54, 1.807) is 11.8 Å². The number of carbonyl (C=O) groups is 1. The maximum atomic E-state index is 12.4. The van der Waals surface area contributed by atoms with E-state index in [1.165, 1.54) is 19.1 Å². The topological polar surface area (TPSA) is 81.9 Å². The van der Waals surface area contributed by atoms with Gasteiger partial charge in [-0.2, -0.15) is 0 Å². The number of thioether (sulfide) groups is 1. The quantitative estimate of drug-likeness (QED) is 0.611. The van der Waals surface area contributed by atoms with Crippen LogP contribution in [0.2, 0.25) is 0 Å². The molecule has 1 saturated heterocycles. The van der Waals surface area contributed by atoms with Crippen LogP contribution in [0, 0.1) is 0 Å². The van der Waals surface area contributed by atoms with Crippen molar-refractivity contribution in [1.82, 2.24) is 4.90 Å². The third-order valence-electron chi connectivity index (χ3n) is 2.90. The van der Waals surface area contributed by atoms with Gasteiger partial charge in [-0.3, -0.25) is 14.3 Å². The molecule has 0 aromatic carbocycles. The smallest absolute Gasteiger partial charge is 0.317 e. The Bertz CT molecular complexity index is 431. The van der Waals surface area contributed by atoms with Crippen molar-refractivity contribution in [2.75, 3.05) is 20.0 Å². The molecular formula is C9H15N2O4PS. The third kappa shape index (κ3) is 1.77. The van der Waals surface area contributed by atoms with Gasteiger partial charge in [-0.05, 0) is 12.5 Å². The monoisotopic (exact) mass is 278 g/mol. The van der Waals surface area contributed by atoms with Crippen molar-refractivity contribution >= 4 is 25.3 Å². The number of nitrogens with zero attached hydrogens (tertiary/aromatic N) is 1. The maximum absolute atomic E-state index is 12.4. The molecule has 0 aliphatic carbocycles. The fourth-order valence-corrected chi connectivity index (χ4v) is 4.94. The number of amides is 1. The fraction of sp³-hybridized carbons (Fsp3) is 0.667. The fourth-order valence-electron chi connectivity index (χ4n) is 1.98. The molecule has 2 rings (SSSR count). The highest BCUT2D eigenvalue weighted by Crippen LogP contribution is 2.61. The molecule has 1 fully saturated rings. The van der Waals surface area contributed by atoms with Crippen molar-refractivity contribution in [1.29, 1.82) is 0 Å². The van der Waals surface area contributed by atoms with Crippen LogP contribution in [0.15, 0.2) is 11.0 Å². The number of hydrogen-bond donors (Lipinski definition) is 1. The summed E-state index contributed by atoms with van der Waals surface area (Å²) in [6.07, 6.45) is 0. The minimum atomic E-state index is -3.40. The standard InChI is InChI=1S/C9H15N2O4PS/c1-5-4-17-9-6(10)7(12)11(9)8(5)16(13,14-2)15-3/h6,9H,4,10H2,1-3H3/t6-,9-/m0/s1. The average molecular weight is 278 g/mol. The number of rotatable bonds is 3. The highest BCUT2D eigenvalue weighted by molar-refractivity contribution is 8.00. The van der Waals surface area contributed by atoms with E-state index in [2.05, 4.69) is 0 Å². The molecular weight excluding hydrogens is 263 g/mol. The predicted molar refractivity (Wildman–Crippen MR) is 65.4 cm³/mol. The third-order valence-corrected chi connectivity index (χ3v) is 6.43. The van der Waals surface area contributed by atoms with Crippen LogP contribution in [0.1, 0.15) is 6.92 Å². The summed E-state index contributed by atoms with van der Waals surface area (Å²) in [6.45, 7) is 1.82. The lowest BCUT2D eigenvalue weighted by Gasteiger charge is -2.49. The van der Waals surface area contributed by atoms with Crippen molar-refractivity contribution in [3.05, 3.63) is 11.0 Å². The minimum Gasteiger partial charge on any atom is -0.317 e. The molecule has 2 heterocycles. The zero-order chi connectivity index (χ0) is 12.8. The normalized spacial score (nSPS) is 29.2. The van der Waals surface area contributed by atoms with Crippen LogP contribution in [-0.4, -0.2) is 42.2 Å². The first-order valence-corrected chi connectivity index (χ1v) is 7.67. The van der Waals surface area contributed by atoms with Crippen LogP contribution in [0.4, 0.5) is 0 Å². The van der Waals surface area contributed by atoms with Crippen molar-refractivity contribution < 1.29 is 18.4 Å². The Hall–Kier alpha value is -0.330. The lowest BCUT2D eigenvalue weighted by atomic mass is 10.1. The SMILES string of the molecule is COP(=O)(OC)C1=C(C)CS[C@H]2[C@@H](N)C(=O)N12. The number of fused-ring (bicyclic) bond motifs is 1.